The van der Waals surface area contributed by atoms with Crippen LogP contribution >= 0.6 is 0 Å². The number of aromatic nitrogens is 2. The Labute approximate surface area is 80.4 Å². The van der Waals surface area contributed by atoms with Gasteiger partial charge >= 0.3 is 5.69 Å². The number of nitrogens with one attached hydrogen (secondary N) is 1. The van der Waals surface area contributed by atoms with E-state index < -0.39 is 5.69 Å². The fraction of sp³-hybridized carbons (Fsp3) is 0.222. The molecule has 0 fully saturated rings. The minimum atomic E-state index is -0.462. The molecule has 1 aromatic heterocycles. The molecule has 0 bridgehead atoms. The van der Waals surface area contributed by atoms with Crippen LogP contribution in [0.5, 0.6) is 0 Å². The summed E-state index contributed by atoms with van der Waals surface area (Å²) in [7, 11) is 2.96. The zero-order chi connectivity index (χ0) is 10.7. The first-order valence-corrected chi connectivity index (χ1v) is 3.99. The molecule has 0 aromatic carbocycles. The van der Waals surface area contributed by atoms with E-state index in [9.17, 15) is 9.59 Å². The van der Waals surface area contributed by atoms with Crippen molar-refractivity contribution < 1.29 is 0 Å². The van der Waals surface area contributed by atoms with Gasteiger partial charge in [0.15, 0.2) is 0 Å². The Balaban J connectivity index is 3.69. The lowest BCUT2D eigenvalue weighted by Crippen LogP contribution is -2.35. The molecule has 1 N–H and O–H groups in total. The molecular formula is C9H11N3O2. The maximum Gasteiger partial charge on any atom is 0.328 e. The van der Waals surface area contributed by atoms with Gasteiger partial charge in [0.05, 0.1) is 11.3 Å². The van der Waals surface area contributed by atoms with Crippen LogP contribution in [0, 0.1) is 0 Å². The predicted molar refractivity (Wildman–Crippen MR) is 55.9 cm³/mol. The van der Waals surface area contributed by atoms with E-state index in [0.29, 0.717) is 11.3 Å². The van der Waals surface area contributed by atoms with Crippen LogP contribution in [0.4, 0.5) is 0 Å². The first-order chi connectivity index (χ1) is 6.61. The van der Waals surface area contributed by atoms with E-state index in [2.05, 4.69) is 16.6 Å². The Morgan fingerprint density at radius 3 is 2.64 bits per heavy atom. The van der Waals surface area contributed by atoms with Crippen molar-refractivity contribution in [2.24, 2.45) is 12.0 Å². The van der Waals surface area contributed by atoms with Gasteiger partial charge in [-0.25, -0.2) is 4.79 Å². The summed E-state index contributed by atoms with van der Waals surface area (Å²) in [6, 6.07) is 0. The molecular weight excluding hydrogens is 182 g/mol. The highest BCUT2D eigenvalue weighted by Gasteiger charge is 2.06. The number of hydrogen-bond donors (Lipinski definition) is 1. The van der Waals surface area contributed by atoms with E-state index in [1.807, 2.05) is 0 Å². The van der Waals surface area contributed by atoms with Crippen LogP contribution in [-0.2, 0) is 7.05 Å². The summed E-state index contributed by atoms with van der Waals surface area (Å²) in [6.45, 7) is 3.51. The average molecular weight is 193 g/mol. The summed E-state index contributed by atoms with van der Waals surface area (Å²) in [5.74, 6) is 0. The van der Waals surface area contributed by atoms with Crippen LogP contribution in [0.1, 0.15) is 11.3 Å². The first kappa shape index (κ1) is 10.2. The summed E-state index contributed by atoms with van der Waals surface area (Å²) in [5.41, 5.74) is -0.109. The second kappa shape index (κ2) is 3.87. The van der Waals surface area contributed by atoms with Gasteiger partial charge in [-0.2, -0.15) is 0 Å². The summed E-state index contributed by atoms with van der Waals surface area (Å²) in [6.07, 6.45) is 2.81. The second-order valence-corrected chi connectivity index (χ2v) is 2.71. The van der Waals surface area contributed by atoms with E-state index in [1.165, 1.54) is 19.3 Å². The molecule has 14 heavy (non-hydrogen) atoms. The van der Waals surface area contributed by atoms with Crippen LogP contribution in [0.25, 0.3) is 6.08 Å². The lowest BCUT2D eigenvalue weighted by molar-refractivity contribution is 0.770. The van der Waals surface area contributed by atoms with Crippen molar-refractivity contribution in [1.29, 1.82) is 0 Å². The molecule has 5 heteroatoms. The second-order valence-electron chi connectivity index (χ2n) is 2.71. The minimum absolute atomic E-state index is 0.345. The Kier molecular flexibility index (Phi) is 2.81. The molecule has 0 saturated carbocycles. The molecule has 0 aliphatic heterocycles. The molecule has 1 heterocycles. The Hall–Kier alpha value is -1.91. The minimum Gasteiger partial charge on any atom is -0.305 e. The molecule has 0 saturated heterocycles. The summed E-state index contributed by atoms with van der Waals surface area (Å²) in [4.78, 5) is 29.0. The smallest absolute Gasteiger partial charge is 0.305 e. The standard InChI is InChI=1S/C9H11N3O2/c1-4-6-7(5-10-2)11-9(14)12(3)8(6)13/h4-5H,1H2,2-3H3,(H,11,14). The lowest BCUT2D eigenvalue weighted by Gasteiger charge is -2.01. The van der Waals surface area contributed by atoms with E-state index in [1.54, 1.807) is 7.05 Å². The molecule has 0 unspecified atom stereocenters. The maximum absolute atomic E-state index is 11.5. The van der Waals surface area contributed by atoms with Crippen molar-refractivity contribution in [1.82, 2.24) is 9.55 Å². The maximum atomic E-state index is 11.5. The number of aromatic amines is 1. The van der Waals surface area contributed by atoms with Crippen LogP contribution in [0.2, 0.25) is 0 Å². The fourth-order valence-electron chi connectivity index (χ4n) is 1.08. The van der Waals surface area contributed by atoms with Gasteiger partial charge in [0, 0.05) is 20.3 Å². The van der Waals surface area contributed by atoms with Crippen molar-refractivity contribution in [3.05, 3.63) is 38.7 Å². The third-order valence-corrected chi connectivity index (χ3v) is 1.83. The van der Waals surface area contributed by atoms with Gasteiger partial charge in [-0.15, -0.1) is 0 Å². The van der Waals surface area contributed by atoms with Gasteiger partial charge in [0.25, 0.3) is 5.56 Å². The third kappa shape index (κ3) is 1.56. The van der Waals surface area contributed by atoms with Crippen LogP contribution in [0.15, 0.2) is 21.2 Å². The predicted octanol–water partition coefficient (Wildman–Crippen LogP) is -0.235. The number of rotatable bonds is 2. The van der Waals surface area contributed by atoms with Gasteiger partial charge in [0.1, 0.15) is 0 Å². The van der Waals surface area contributed by atoms with E-state index in [0.717, 1.165) is 4.57 Å². The third-order valence-electron chi connectivity index (χ3n) is 1.83. The number of nitrogens with zero attached hydrogens (tertiary/aromatic N) is 2. The molecule has 0 amide bonds. The zero-order valence-electron chi connectivity index (χ0n) is 8.07. The van der Waals surface area contributed by atoms with E-state index in [4.69, 9.17) is 0 Å². The molecule has 0 atom stereocenters. The highest BCUT2D eigenvalue weighted by Crippen LogP contribution is 1.95. The van der Waals surface area contributed by atoms with Crippen molar-refractivity contribution in [3.8, 4) is 0 Å². The topological polar surface area (TPSA) is 67.2 Å². The summed E-state index contributed by atoms with van der Waals surface area (Å²) < 4.78 is 0.990. The summed E-state index contributed by atoms with van der Waals surface area (Å²) >= 11 is 0. The molecule has 1 aromatic rings. The average Bonchev–Trinajstić information content (AvgIpc) is 2.16. The van der Waals surface area contributed by atoms with Crippen molar-refractivity contribution in [2.45, 2.75) is 0 Å². The molecule has 0 radical (unpaired) electrons. The van der Waals surface area contributed by atoms with Crippen LogP contribution in [-0.4, -0.2) is 22.8 Å². The normalized spacial score (nSPS) is 10.7. The zero-order valence-corrected chi connectivity index (χ0v) is 8.07. The Morgan fingerprint density at radius 2 is 2.14 bits per heavy atom. The fourth-order valence-corrected chi connectivity index (χ4v) is 1.08. The van der Waals surface area contributed by atoms with E-state index in [-0.39, 0.29) is 5.56 Å². The quantitative estimate of drug-likeness (QED) is 0.659. The highest BCUT2D eigenvalue weighted by atomic mass is 16.2. The summed E-state index contributed by atoms with van der Waals surface area (Å²) in [5, 5.41) is 0. The Morgan fingerprint density at radius 1 is 1.50 bits per heavy atom. The van der Waals surface area contributed by atoms with Crippen LogP contribution in [0.3, 0.4) is 0 Å². The molecule has 0 spiro atoms. The van der Waals surface area contributed by atoms with Gasteiger partial charge in [-0.05, 0) is 0 Å². The molecule has 1 rings (SSSR count). The largest absolute Gasteiger partial charge is 0.328 e. The van der Waals surface area contributed by atoms with Gasteiger partial charge in [0.2, 0.25) is 0 Å². The lowest BCUT2D eigenvalue weighted by atomic mass is 10.2. The van der Waals surface area contributed by atoms with Crippen LogP contribution < -0.4 is 11.2 Å². The van der Waals surface area contributed by atoms with Gasteiger partial charge in [-0.3, -0.25) is 14.4 Å². The van der Waals surface area contributed by atoms with Crippen molar-refractivity contribution in [3.63, 3.8) is 0 Å². The van der Waals surface area contributed by atoms with Crippen molar-refractivity contribution >= 4 is 12.3 Å². The van der Waals surface area contributed by atoms with Gasteiger partial charge < -0.3 is 4.98 Å². The molecule has 0 aliphatic rings. The SMILES string of the molecule is C=Cc1c(C=NC)[nH]c(=O)n(C)c1=O. The Bertz CT molecular complexity index is 494. The molecule has 0 aliphatic carbocycles. The number of H-pyrrole nitrogens is 1. The number of aliphatic imine (C=N–C) groups is 1. The van der Waals surface area contributed by atoms with Gasteiger partial charge in [-0.1, -0.05) is 12.7 Å². The molecule has 5 nitrogen and oxygen atoms in total. The molecule has 74 valence electrons. The monoisotopic (exact) mass is 193 g/mol. The highest BCUT2D eigenvalue weighted by molar-refractivity contribution is 5.82. The first-order valence-electron chi connectivity index (χ1n) is 3.99. The van der Waals surface area contributed by atoms with E-state index >= 15 is 0 Å². The number of hydrogen-bond acceptors (Lipinski definition) is 3. The van der Waals surface area contributed by atoms with Crippen molar-refractivity contribution in [2.75, 3.05) is 7.05 Å².